The maximum Gasteiger partial charge on any atom is 0.309 e. The highest BCUT2D eigenvalue weighted by Crippen LogP contribution is 2.38. The Morgan fingerprint density at radius 3 is 2.74 bits per heavy atom. The lowest BCUT2D eigenvalue weighted by molar-refractivity contribution is -0.145. The van der Waals surface area contributed by atoms with Crippen molar-refractivity contribution in [3.05, 3.63) is 17.8 Å². The number of aryl methyl sites for hydroxylation is 1. The molecule has 27 heavy (non-hydrogen) atoms. The molecule has 0 saturated heterocycles. The highest BCUT2D eigenvalue weighted by Gasteiger charge is 2.44. The smallest absolute Gasteiger partial charge is 0.309 e. The van der Waals surface area contributed by atoms with Crippen LogP contribution in [-0.4, -0.2) is 49.5 Å². The van der Waals surface area contributed by atoms with Gasteiger partial charge in [0.1, 0.15) is 4.90 Å². The molecule has 152 valence electrons. The van der Waals surface area contributed by atoms with Crippen molar-refractivity contribution in [1.82, 2.24) is 4.98 Å². The summed E-state index contributed by atoms with van der Waals surface area (Å²) in [5, 5.41) is 8.08. The molecular formula is C19H29NO6S. The fourth-order valence-electron chi connectivity index (χ4n) is 3.50. The molecule has 0 aromatic carbocycles. The van der Waals surface area contributed by atoms with Crippen LogP contribution < -0.4 is 4.74 Å². The third kappa shape index (κ3) is 5.19. The maximum absolute atomic E-state index is 13.3. The molecule has 1 N–H and O–H groups in total. The Bertz CT molecular complexity index is 749. The highest BCUT2D eigenvalue weighted by molar-refractivity contribution is 7.92. The van der Waals surface area contributed by atoms with E-state index in [-0.39, 0.29) is 23.5 Å². The molecule has 0 unspecified atom stereocenters. The molecule has 3 atom stereocenters. The summed E-state index contributed by atoms with van der Waals surface area (Å²) in [5.74, 6) is -1.06. The first-order valence-corrected chi connectivity index (χ1v) is 10.9. The van der Waals surface area contributed by atoms with Crippen molar-refractivity contribution in [2.24, 2.45) is 5.92 Å². The van der Waals surface area contributed by atoms with E-state index in [1.165, 1.54) is 13.2 Å². The summed E-state index contributed by atoms with van der Waals surface area (Å²) in [6.07, 6.45) is 3.48. The molecular weight excluding hydrogens is 370 g/mol. The van der Waals surface area contributed by atoms with Gasteiger partial charge in [-0.2, -0.15) is 0 Å². The summed E-state index contributed by atoms with van der Waals surface area (Å²) in [7, 11) is -2.51. The normalized spacial score (nSPS) is 21.0. The highest BCUT2D eigenvalue weighted by atomic mass is 32.2. The molecule has 0 amide bonds. The zero-order valence-corrected chi connectivity index (χ0v) is 17.0. The maximum atomic E-state index is 13.3. The average molecular weight is 400 g/mol. The number of aromatic nitrogens is 1. The molecule has 1 aromatic heterocycles. The SMILES string of the molecule is COC(=O)[C@H]1CCC[C@H]1S(=O)(=O)c1ccc(C)nc1O[C@H](C)CCCCO. The van der Waals surface area contributed by atoms with Crippen LogP contribution in [0.4, 0.5) is 0 Å². The second-order valence-electron chi connectivity index (χ2n) is 7.05. The number of rotatable bonds is 9. The van der Waals surface area contributed by atoms with Crippen LogP contribution in [0.25, 0.3) is 0 Å². The van der Waals surface area contributed by atoms with E-state index in [1.54, 1.807) is 13.0 Å². The molecule has 0 bridgehead atoms. The molecule has 1 aromatic rings. The topological polar surface area (TPSA) is 103 Å². The Balaban J connectivity index is 2.29. The van der Waals surface area contributed by atoms with Gasteiger partial charge in [0.05, 0.1) is 24.4 Å². The van der Waals surface area contributed by atoms with Gasteiger partial charge < -0.3 is 14.6 Å². The van der Waals surface area contributed by atoms with Crippen LogP contribution in [0, 0.1) is 12.8 Å². The quantitative estimate of drug-likeness (QED) is 0.502. The summed E-state index contributed by atoms with van der Waals surface area (Å²) < 4.78 is 37.2. The predicted octanol–water partition coefficient (Wildman–Crippen LogP) is 2.44. The number of pyridine rings is 1. The lowest BCUT2D eigenvalue weighted by Gasteiger charge is -2.21. The average Bonchev–Trinajstić information content (AvgIpc) is 3.12. The number of aliphatic hydroxyl groups excluding tert-OH is 1. The Morgan fingerprint density at radius 2 is 2.07 bits per heavy atom. The fourth-order valence-corrected chi connectivity index (χ4v) is 5.57. The second-order valence-corrected chi connectivity index (χ2v) is 9.18. The number of ether oxygens (including phenoxy) is 2. The van der Waals surface area contributed by atoms with Crippen LogP contribution in [0.2, 0.25) is 0 Å². The van der Waals surface area contributed by atoms with Crippen molar-refractivity contribution in [1.29, 1.82) is 0 Å². The number of esters is 1. The molecule has 0 spiro atoms. The largest absolute Gasteiger partial charge is 0.474 e. The van der Waals surface area contributed by atoms with E-state index in [0.29, 0.717) is 37.8 Å². The summed E-state index contributed by atoms with van der Waals surface area (Å²) in [6, 6.07) is 3.15. The minimum absolute atomic E-state index is 0.0305. The van der Waals surface area contributed by atoms with Gasteiger partial charge in [-0.05, 0) is 58.1 Å². The van der Waals surface area contributed by atoms with Crippen LogP contribution in [0.5, 0.6) is 5.88 Å². The molecule has 7 nitrogen and oxygen atoms in total. The lowest BCUT2D eigenvalue weighted by Crippen LogP contribution is -2.32. The minimum atomic E-state index is -3.79. The van der Waals surface area contributed by atoms with Crippen LogP contribution in [0.15, 0.2) is 17.0 Å². The van der Waals surface area contributed by atoms with Crippen molar-refractivity contribution < 1.29 is 27.8 Å². The number of aliphatic hydroxyl groups is 1. The van der Waals surface area contributed by atoms with Crippen molar-refractivity contribution >= 4 is 15.8 Å². The molecule has 1 aliphatic rings. The van der Waals surface area contributed by atoms with Gasteiger partial charge in [0.2, 0.25) is 5.88 Å². The van der Waals surface area contributed by atoms with Crippen molar-refractivity contribution in [2.75, 3.05) is 13.7 Å². The third-order valence-electron chi connectivity index (χ3n) is 4.96. The van der Waals surface area contributed by atoms with Gasteiger partial charge in [-0.25, -0.2) is 13.4 Å². The van der Waals surface area contributed by atoms with Gasteiger partial charge in [0.15, 0.2) is 9.84 Å². The molecule has 8 heteroatoms. The number of hydrogen-bond acceptors (Lipinski definition) is 7. The van der Waals surface area contributed by atoms with Gasteiger partial charge in [-0.15, -0.1) is 0 Å². The zero-order valence-electron chi connectivity index (χ0n) is 16.2. The number of carbonyl (C=O) groups is 1. The van der Waals surface area contributed by atoms with Crippen LogP contribution in [0.1, 0.15) is 51.1 Å². The molecule has 0 radical (unpaired) electrons. The van der Waals surface area contributed by atoms with Crippen molar-refractivity contribution in [2.45, 2.75) is 68.6 Å². The fraction of sp³-hybridized carbons (Fsp3) is 0.684. The first kappa shape index (κ1) is 21.6. The van der Waals surface area contributed by atoms with E-state index in [2.05, 4.69) is 4.98 Å². The number of methoxy groups -OCH3 is 1. The summed E-state index contributed by atoms with van der Waals surface area (Å²) in [4.78, 5) is 16.3. The Kier molecular flexibility index (Phi) is 7.61. The van der Waals surface area contributed by atoms with Gasteiger partial charge in [0, 0.05) is 12.3 Å². The molecule has 0 aliphatic heterocycles. The lowest BCUT2D eigenvalue weighted by atomic mass is 10.1. The number of nitrogens with zero attached hydrogens (tertiary/aromatic N) is 1. The molecule has 1 aliphatic carbocycles. The number of unbranched alkanes of at least 4 members (excludes halogenated alkanes) is 1. The van der Waals surface area contributed by atoms with Gasteiger partial charge in [0.25, 0.3) is 0 Å². The Morgan fingerprint density at radius 1 is 1.33 bits per heavy atom. The van der Waals surface area contributed by atoms with E-state index in [9.17, 15) is 13.2 Å². The van der Waals surface area contributed by atoms with Gasteiger partial charge in [-0.1, -0.05) is 6.42 Å². The summed E-state index contributed by atoms with van der Waals surface area (Å²) >= 11 is 0. The molecule has 1 fully saturated rings. The first-order chi connectivity index (χ1) is 12.8. The van der Waals surface area contributed by atoms with Gasteiger partial charge >= 0.3 is 5.97 Å². The van der Waals surface area contributed by atoms with Crippen molar-refractivity contribution in [3.8, 4) is 5.88 Å². The Hall–Kier alpha value is -1.67. The number of sulfone groups is 1. The number of hydrogen-bond donors (Lipinski definition) is 1. The van der Waals surface area contributed by atoms with Crippen molar-refractivity contribution in [3.63, 3.8) is 0 Å². The third-order valence-corrected chi connectivity index (χ3v) is 7.24. The van der Waals surface area contributed by atoms with E-state index in [0.717, 1.165) is 6.42 Å². The first-order valence-electron chi connectivity index (χ1n) is 9.38. The second kappa shape index (κ2) is 9.50. The van der Waals surface area contributed by atoms with Crippen LogP contribution >= 0.6 is 0 Å². The van der Waals surface area contributed by atoms with E-state index >= 15 is 0 Å². The summed E-state index contributed by atoms with van der Waals surface area (Å²) in [5.41, 5.74) is 0.655. The summed E-state index contributed by atoms with van der Waals surface area (Å²) in [6.45, 7) is 3.74. The standard InChI is InChI=1S/C19H29NO6S/c1-13-10-11-17(18(20-13)26-14(2)7-4-5-12-21)27(23,24)16-9-6-8-15(16)19(22)25-3/h10-11,14-16,21H,4-9,12H2,1-3H3/t14-,15+,16-/m1/s1. The molecule has 2 rings (SSSR count). The monoisotopic (exact) mass is 399 g/mol. The predicted molar refractivity (Wildman–Crippen MR) is 100 cm³/mol. The van der Waals surface area contributed by atoms with E-state index < -0.39 is 27.0 Å². The van der Waals surface area contributed by atoms with Crippen LogP contribution in [-0.2, 0) is 19.4 Å². The van der Waals surface area contributed by atoms with Gasteiger partial charge in [-0.3, -0.25) is 4.79 Å². The molecule has 1 saturated carbocycles. The zero-order chi connectivity index (χ0) is 20.0. The molecule has 1 heterocycles. The van der Waals surface area contributed by atoms with Crippen LogP contribution in [0.3, 0.4) is 0 Å². The number of carbonyl (C=O) groups excluding carboxylic acids is 1. The Labute approximate surface area is 161 Å². The van der Waals surface area contributed by atoms with E-state index in [1.807, 2.05) is 6.92 Å². The minimum Gasteiger partial charge on any atom is -0.474 e. The van der Waals surface area contributed by atoms with E-state index in [4.69, 9.17) is 14.6 Å².